The van der Waals surface area contributed by atoms with Crippen LogP contribution in [0.1, 0.15) is 65.9 Å². The molecule has 0 radical (unpaired) electrons. The minimum absolute atomic E-state index is 0.0161. The number of amides is 1. The first-order valence-electron chi connectivity index (χ1n) is 11.6. The molecule has 5 atom stereocenters. The quantitative estimate of drug-likeness (QED) is 0.760. The molecule has 1 amide bonds. The fourth-order valence-corrected chi connectivity index (χ4v) is 5.57. The van der Waals surface area contributed by atoms with Crippen LogP contribution in [0.3, 0.4) is 0 Å². The normalized spacial score (nSPS) is 32.5. The van der Waals surface area contributed by atoms with Gasteiger partial charge in [0.05, 0.1) is 11.5 Å². The molecule has 174 valence electrons. The zero-order valence-corrected chi connectivity index (χ0v) is 19.8. The van der Waals surface area contributed by atoms with E-state index in [2.05, 4.69) is 32.6 Å². The van der Waals surface area contributed by atoms with Gasteiger partial charge in [-0.05, 0) is 38.8 Å². The van der Waals surface area contributed by atoms with Gasteiger partial charge >= 0.3 is 0 Å². The maximum Gasteiger partial charge on any atom is 0.227 e. The second kappa shape index (κ2) is 8.78. The summed E-state index contributed by atoms with van der Waals surface area (Å²) in [5.41, 5.74) is -0.668. The van der Waals surface area contributed by atoms with Crippen molar-refractivity contribution in [2.45, 2.75) is 71.4 Å². The maximum atomic E-state index is 14.7. The minimum Gasteiger partial charge on any atom is -0.389 e. The largest absolute Gasteiger partial charge is 0.389 e. The number of hydrogen-bond donors (Lipinski definition) is 1. The van der Waals surface area contributed by atoms with Crippen molar-refractivity contribution >= 4 is 5.91 Å². The Balaban J connectivity index is 1.89. The van der Waals surface area contributed by atoms with Gasteiger partial charge in [-0.2, -0.15) is 0 Å². The molecule has 4 nitrogen and oxygen atoms in total. The smallest absolute Gasteiger partial charge is 0.227 e. The average Bonchev–Trinajstić information content (AvgIpc) is 3.13. The molecule has 2 heterocycles. The van der Waals surface area contributed by atoms with Crippen molar-refractivity contribution in [2.75, 3.05) is 26.2 Å². The lowest BCUT2D eigenvalue weighted by Gasteiger charge is -2.48. The highest BCUT2D eigenvalue weighted by Crippen LogP contribution is 2.41. The molecular weight excluding hydrogens is 398 g/mol. The van der Waals surface area contributed by atoms with Crippen molar-refractivity contribution in [3.8, 4) is 0 Å². The molecule has 2 aliphatic rings. The van der Waals surface area contributed by atoms with Crippen molar-refractivity contribution in [3.05, 3.63) is 35.4 Å². The Morgan fingerprint density at radius 3 is 2.29 bits per heavy atom. The lowest BCUT2D eigenvalue weighted by atomic mass is 9.72. The Morgan fingerprint density at radius 2 is 1.74 bits per heavy atom. The van der Waals surface area contributed by atoms with Gasteiger partial charge in [-0.1, -0.05) is 39.3 Å². The van der Waals surface area contributed by atoms with E-state index in [-0.39, 0.29) is 28.8 Å². The second-order valence-corrected chi connectivity index (χ2v) is 10.7. The summed E-state index contributed by atoms with van der Waals surface area (Å²) in [7, 11) is 0. The number of rotatable bonds is 4. The highest BCUT2D eigenvalue weighted by molar-refractivity contribution is 5.81. The molecule has 0 saturated carbocycles. The number of piperidine rings is 1. The molecule has 31 heavy (non-hydrogen) atoms. The van der Waals surface area contributed by atoms with Gasteiger partial charge in [0.1, 0.15) is 0 Å². The summed E-state index contributed by atoms with van der Waals surface area (Å²) < 4.78 is 28.7. The topological polar surface area (TPSA) is 43.8 Å². The van der Waals surface area contributed by atoms with Gasteiger partial charge < -0.3 is 10.0 Å². The minimum atomic E-state index is -0.872. The van der Waals surface area contributed by atoms with E-state index in [1.165, 1.54) is 6.07 Å². The monoisotopic (exact) mass is 436 g/mol. The van der Waals surface area contributed by atoms with Crippen LogP contribution in [0.2, 0.25) is 0 Å². The molecule has 3 rings (SSSR count). The van der Waals surface area contributed by atoms with E-state index in [0.29, 0.717) is 26.2 Å². The maximum absolute atomic E-state index is 14.7. The second-order valence-electron chi connectivity index (χ2n) is 10.7. The van der Waals surface area contributed by atoms with E-state index < -0.39 is 29.1 Å². The lowest BCUT2D eigenvalue weighted by molar-refractivity contribution is -0.152. The Kier molecular flexibility index (Phi) is 6.83. The van der Waals surface area contributed by atoms with Crippen LogP contribution in [0.5, 0.6) is 0 Å². The van der Waals surface area contributed by atoms with E-state index >= 15 is 0 Å². The number of halogens is 2. The molecule has 2 fully saturated rings. The first-order chi connectivity index (χ1) is 14.4. The number of hydrogen-bond acceptors (Lipinski definition) is 3. The van der Waals surface area contributed by atoms with Crippen molar-refractivity contribution in [1.82, 2.24) is 9.80 Å². The molecule has 0 aromatic heterocycles. The van der Waals surface area contributed by atoms with E-state index in [1.807, 2.05) is 18.7 Å². The van der Waals surface area contributed by atoms with Crippen LogP contribution in [-0.4, -0.2) is 58.1 Å². The summed E-state index contributed by atoms with van der Waals surface area (Å²) >= 11 is 0. The van der Waals surface area contributed by atoms with E-state index in [4.69, 9.17) is 0 Å². The molecule has 0 spiro atoms. The van der Waals surface area contributed by atoms with Crippen LogP contribution < -0.4 is 0 Å². The summed E-state index contributed by atoms with van der Waals surface area (Å²) in [5, 5.41) is 11.2. The van der Waals surface area contributed by atoms with Crippen molar-refractivity contribution in [3.63, 3.8) is 0 Å². The molecule has 1 aromatic rings. The molecule has 0 bridgehead atoms. The molecule has 2 saturated heterocycles. The summed E-state index contributed by atoms with van der Waals surface area (Å²) in [5.74, 6) is -2.65. The Hall–Kier alpha value is -1.53. The summed E-state index contributed by atoms with van der Waals surface area (Å²) in [4.78, 5) is 17.8. The number of carbonyl (C=O) groups excluding carboxylic acids is 1. The molecule has 1 unspecified atom stereocenters. The van der Waals surface area contributed by atoms with Gasteiger partial charge in [-0.25, -0.2) is 8.78 Å². The highest BCUT2D eigenvalue weighted by atomic mass is 19.2. The van der Waals surface area contributed by atoms with E-state index in [1.54, 1.807) is 6.07 Å². The molecule has 6 heteroatoms. The zero-order valence-electron chi connectivity index (χ0n) is 19.8. The first kappa shape index (κ1) is 24.1. The number of nitrogens with zero attached hydrogens (tertiary/aromatic N) is 2. The summed E-state index contributed by atoms with van der Waals surface area (Å²) in [6.45, 7) is 14.3. The third-order valence-corrected chi connectivity index (χ3v) is 7.62. The van der Waals surface area contributed by atoms with Gasteiger partial charge in [0.25, 0.3) is 0 Å². The van der Waals surface area contributed by atoms with Crippen LogP contribution >= 0.6 is 0 Å². The first-order valence-corrected chi connectivity index (χ1v) is 11.6. The summed E-state index contributed by atoms with van der Waals surface area (Å²) in [6.07, 6.45) is 1.61. The fourth-order valence-electron chi connectivity index (χ4n) is 5.57. The predicted molar refractivity (Wildman–Crippen MR) is 119 cm³/mol. The van der Waals surface area contributed by atoms with Crippen LogP contribution in [-0.2, 0) is 4.79 Å². The molecule has 1 aromatic carbocycles. The highest BCUT2D eigenvalue weighted by Gasteiger charge is 2.49. The van der Waals surface area contributed by atoms with Crippen LogP contribution in [0, 0.1) is 29.4 Å². The van der Waals surface area contributed by atoms with Crippen molar-refractivity contribution in [1.29, 1.82) is 0 Å². The van der Waals surface area contributed by atoms with Crippen molar-refractivity contribution in [2.24, 2.45) is 17.8 Å². The van der Waals surface area contributed by atoms with Crippen LogP contribution in [0.25, 0.3) is 0 Å². The van der Waals surface area contributed by atoms with Gasteiger partial charge in [0, 0.05) is 49.5 Å². The van der Waals surface area contributed by atoms with Crippen LogP contribution in [0.4, 0.5) is 8.78 Å². The van der Waals surface area contributed by atoms with Gasteiger partial charge in [0.15, 0.2) is 11.6 Å². The fraction of sp³-hybridized carbons (Fsp3) is 0.720. The standard InChI is InChI=1S/C25H38F2N2O2/c1-7-11-25(31)16(2)12-28(13-17(25)3)23(30)20-15-29(24(4,5)6)14-19(20)18-9-8-10-21(26)22(18)27/h8-10,16-17,19-20,31H,7,11-15H2,1-6H3/t16-,17+,19-,20+,25?/m0/s1. The lowest BCUT2D eigenvalue weighted by Crippen LogP contribution is -2.58. The number of likely N-dealkylation sites (tertiary alicyclic amines) is 2. The Bertz CT molecular complexity index is 795. The molecular formula is C25H38F2N2O2. The molecule has 2 aliphatic heterocycles. The number of aliphatic hydroxyl groups is 1. The van der Waals surface area contributed by atoms with Crippen molar-refractivity contribution < 1.29 is 18.7 Å². The molecule has 1 N–H and O–H groups in total. The van der Waals surface area contributed by atoms with Gasteiger partial charge in [-0.3, -0.25) is 9.69 Å². The van der Waals surface area contributed by atoms with Gasteiger partial charge in [0.2, 0.25) is 5.91 Å². The number of carbonyl (C=O) groups is 1. The molecule has 0 aliphatic carbocycles. The average molecular weight is 437 g/mol. The number of benzene rings is 1. The third kappa shape index (κ3) is 4.51. The van der Waals surface area contributed by atoms with Crippen LogP contribution in [0.15, 0.2) is 18.2 Å². The Morgan fingerprint density at radius 1 is 1.13 bits per heavy atom. The Labute approximate surface area is 185 Å². The van der Waals surface area contributed by atoms with Gasteiger partial charge in [-0.15, -0.1) is 0 Å². The SMILES string of the molecule is CCCC1(O)[C@H](C)CN(C(=O)[C@@H]2CN(C(C)(C)C)C[C@H]2c2cccc(F)c2F)C[C@@H]1C. The summed E-state index contributed by atoms with van der Waals surface area (Å²) in [6, 6.07) is 4.25. The van der Waals surface area contributed by atoms with E-state index in [0.717, 1.165) is 18.9 Å². The predicted octanol–water partition coefficient (Wildman–Crippen LogP) is 4.42. The zero-order chi connectivity index (χ0) is 23.1. The third-order valence-electron chi connectivity index (χ3n) is 7.62. The van der Waals surface area contributed by atoms with E-state index in [9.17, 15) is 18.7 Å².